The molecule has 6 N–H and O–H groups in total. The Bertz CT molecular complexity index is 3860. The fraction of sp³-hybridized carbons (Fsp3) is 0.710. The molecule has 6 heterocycles. The summed E-state index contributed by atoms with van der Waals surface area (Å²) < 4.78 is 214. The summed E-state index contributed by atoms with van der Waals surface area (Å²) in [6.07, 6.45) is -35.3. The van der Waals surface area contributed by atoms with E-state index < -0.39 is 234 Å². The molecule has 3 aromatic carbocycles. The molecule has 48 heteroatoms. The van der Waals surface area contributed by atoms with Gasteiger partial charge >= 0.3 is 31.2 Å². The Hall–Kier alpha value is -5.76. The van der Waals surface area contributed by atoms with Crippen molar-refractivity contribution in [2.75, 3.05) is 26.9 Å². The molecule has 6 fully saturated rings. The molecule has 0 spiro atoms. The molecule has 6 saturated heterocycles. The van der Waals surface area contributed by atoms with Gasteiger partial charge in [0, 0.05) is 27.8 Å². The van der Waals surface area contributed by atoms with Gasteiger partial charge in [-0.2, -0.15) is 39.9 Å². The largest absolute Gasteiger partial charge is 0.397 e. The van der Waals surface area contributed by atoms with Gasteiger partial charge in [0.05, 0.1) is 100 Å². The second-order valence-corrected chi connectivity index (χ2v) is 29.6. The summed E-state index contributed by atoms with van der Waals surface area (Å²) in [5, 5.41) is 54.7. The van der Waals surface area contributed by atoms with E-state index in [-0.39, 0.29) is 19.8 Å². The maximum Gasteiger partial charge on any atom is 0.397 e. The van der Waals surface area contributed by atoms with E-state index in [1.54, 1.807) is 86.6 Å². The molecule has 0 aromatic heterocycles. The zero-order valence-corrected chi connectivity index (χ0v) is 62.4. The lowest BCUT2D eigenvalue weighted by Crippen LogP contribution is -2.66. The Morgan fingerprint density at radius 2 is 0.645 bits per heavy atom. The number of benzene rings is 3. The van der Waals surface area contributed by atoms with Crippen molar-refractivity contribution in [3.63, 3.8) is 0 Å². The van der Waals surface area contributed by atoms with Crippen LogP contribution in [0.3, 0.4) is 0 Å². The number of methoxy groups -OCH3 is 1. The standard InChI is InChI=1S/C62H87N9O36S3/c1-30-34(5)91-60(54(102-105-72)49(30)85-24-37-18-12-9-13-19-37)97-47-32(3)44(67-70-64)58(95-41(47)28-89-109(78,79)80)100-51-36(7)93-62(56(104-107-74)53(51)87-26-39-22-16-11-17-23-39)99-48-33(4)45(68-71-65)59(96-42(48)29-90-110(81,82)83)101-50-35(6)92-61(55(103-106-73)52(50)86-25-38-20-14-10-15-21-38)98-46-31(2)43(66-69-63)57(84-8)94-40(46)27-88-108(75,76)77/h9-23,30-36,40-62,72-74H,24-29H2,1-8H3,(H,75,76,77)(H,78,79,80)(H,81,82,83)/t30-,31-,32-,33-,34?,35?,36?,40?,41?,42?,43?,44?,45?,46+,47+,48+,49-,50+,51-,52-,53-,54?,55?,56?,57-,58-,59+,60+,61+,62+/m1/s1. The zero-order valence-electron chi connectivity index (χ0n) is 59.9. The molecule has 9 rings (SSSR count). The van der Waals surface area contributed by atoms with Gasteiger partial charge in [0.2, 0.25) is 0 Å². The number of hydrogen-bond donors (Lipinski definition) is 6. The average molecular weight is 1630 g/mol. The van der Waals surface area contributed by atoms with E-state index >= 15 is 0 Å². The van der Waals surface area contributed by atoms with E-state index in [4.69, 9.17) is 98.3 Å². The second kappa shape index (κ2) is 41.0. The molecule has 6 aliphatic rings. The number of rotatable bonds is 38. The molecule has 12 unspecified atom stereocenters. The molecule has 6 aliphatic heterocycles. The minimum absolute atomic E-state index is 0.0465. The summed E-state index contributed by atoms with van der Waals surface area (Å²) >= 11 is 0. The fourth-order valence-electron chi connectivity index (χ4n) is 13.8. The van der Waals surface area contributed by atoms with Gasteiger partial charge in [0.1, 0.15) is 42.7 Å². The lowest BCUT2D eigenvalue weighted by molar-refractivity contribution is -0.536. The third-order valence-electron chi connectivity index (χ3n) is 19.4. The molecule has 110 heavy (non-hydrogen) atoms. The van der Waals surface area contributed by atoms with Crippen LogP contribution in [0, 0.1) is 23.7 Å². The Labute approximate surface area is 629 Å². The summed E-state index contributed by atoms with van der Waals surface area (Å²) in [5.41, 5.74) is 31.9. The van der Waals surface area contributed by atoms with Gasteiger partial charge in [0.15, 0.2) is 56.1 Å². The van der Waals surface area contributed by atoms with Crippen LogP contribution < -0.4 is 0 Å². The first-order valence-electron chi connectivity index (χ1n) is 34.1. The number of nitrogens with zero attached hydrogens (tertiary/aromatic N) is 9. The van der Waals surface area contributed by atoms with Crippen molar-refractivity contribution >= 4 is 31.2 Å². The van der Waals surface area contributed by atoms with Crippen LogP contribution in [0.5, 0.6) is 0 Å². The molecule has 0 aliphatic carbocycles. The Balaban J connectivity index is 1.02. The van der Waals surface area contributed by atoms with E-state index in [0.29, 0.717) is 11.1 Å². The molecule has 0 amide bonds. The fourth-order valence-corrected chi connectivity index (χ4v) is 14.8. The molecular weight excluding hydrogens is 1540 g/mol. The van der Waals surface area contributed by atoms with Crippen molar-refractivity contribution < 1.29 is 168 Å². The smallest absolute Gasteiger partial charge is 0.370 e. The second-order valence-electron chi connectivity index (χ2n) is 26.3. The Kier molecular flexibility index (Phi) is 32.9. The SMILES string of the molecule is CO[C@@H]1OC(COS(=O)(=O)O)[C@@H](O[C@@H]2OC(C)[C@H](O[C@@H]3OC(COS(=O)(=O)O)[C@@H](O[C@@H]4OC(C)[C@@H](O[C@H]5OC(COS(=O)(=O)O)[C@@H](O[C@@H]6OC(C)[C@@H](C)[C@@H](OCc7ccccc7)C6OOO)[C@H](C)C5N=[N+]=[N-])[C@@H](OCc5ccccc5)C4OOO)[C@H](C)C3N=[N+]=[N-])[C@@H](OCc3ccccc3)C2OOO)[C@H](C)C1N=[N+]=[N-]. The van der Waals surface area contributed by atoms with Crippen LogP contribution in [0.2, 0.25) is 0 Å². The predicted octanol–water partition coefficient (Wildman–Crippen LogP) is 6.13. The van der Waals surface area contributed by atoms with Crippen LogP contribution in [0.4, 0.5) is 0 Å². The highest BCUT2D eigenvalue weighted by molar-refractivity contribution is 7.81. The minimum Gasteiger partial charge on any atom is -0.370 e. The normalized spacial score (nSPS) is 37.1. The Morgan fingerprint density at radius 3 is 0.945 bits per heavy atom. The van der Waals surface area contributed by atoms with Crippen LogP contribution in [0.25, 0.3) is 31.3 Å². The van der Waals surface area contributed by atoms with Gasteiger partial charge in [-0.05, 0) is 71.8 Å². The Morgan fingerprint density at radius 1 is 0.364 bits per heavy atom. The average Bonchev–Trinajstić information content (AvgIpc) is 0.765. The maximum absolute atomic E-state index is 12.5. The molecule has 614 valence electrons. The minimum atomic E-state index is -5.37. The van der Waals surface area contributed by atoms with E-state index in [0.717, 1.165) is 5.56 Å². The van der Waals surface area contributed by atoms with E-state index in [1.807, 2.05) is 18.2 Å². The van der Waals surface area contributed by atoms with Gasteiger partial charge in [-0.15, -0.1) is 0 Å². The summed E-state index contributed by atoms with van der Waals surface area (Å²) in [6, 6.07) is 21.7. The third kappa shape index (κ3) is 23.5. The number of azide groups is 3. The van der Waals surface area contributed by atoms with Gasteiger partial charge in [0.25, 0.3) is 0 Å². The van der Waals surface area contributed by atoms with Gasteiger partial charge < -0.3 is 71.1 Å². The first kappa shape index (κ1) is 88.2. The maximum atomic E-state index is 12.5. The summed E-state index contributed by atoms with van der Waals surface area (Å²) in [5.74, 6) is -3.86. The number of hydrogen-bond acceptors (Lipinski definition) is 36. The molecule has 0 saturated carbocycles. The first-order chi connectivity index (χ1) is 52.5. The summed E-state index contributed by atoms with van der Waals surface area (Å²) in [7, 11) is -14.5. The van der Waals surface area contributed by atoms with Crippen molar-refractivity contribution in [1.29, 1.82) is 0 Å². The number of ether oxygens (including phenoxy) is 15. The van der Waals surface area contributed by atoms with Crippen molar-refractivity contribution in [2.45, 2.75) is 228 Å². The van der Waals surface area contributed by atoms with Gasteiger partial charge in [-0.25, -0.2) is 28.3 Å². The van der Waals surface area contributed by atoms with Crippen molar-refractivity contribution in [3.05, 3.63) is 139 Å². The highest BCUT2D eigenvalue weighted by atomic mass is 32.3. The predicted molar refractivity (Wildman–Crippen MR) is 359 cm³/mol. The van der Waals surface area contributed by atoms with Gasteiger partial charge in [-0.1, -0.05) is 149 Å². The molecule has 3 aromatic rings. The van der Waals surface area contributed by atoms with Crippen LogP contribution in [-0.2, 0) is 164 Å². The van der Waals surface area contributed by atoms with Crippen molar-refractivity contribution in [2.24, 2.45) is 39.0 Å². The lowest BCUT2D eigenvalue weighted by atomic mass is 9.87. The summed E-state index contributed by atoms with van der Waals surface area (Å²) in [4.78, 5) is 25.3. The van der Waals surface area contributed by atoms with E-state index in [2.05, 4.69) is 45.2 Å². The van der Waals surface area contributed by atoms with E-state index in [1.165, 1.54) is 41.7 Å². The van der Waals surface area contributed by atoms with Crippen LogP contribution in [-0.4, -0.2) is 241 Å². The van der Waals surface area contributed by atoms with Crippen LogP contribution in [0.15, 0.2) is 106 Å². The quantitative estimate of drug-likeness (QED) is 0.00937. The highest BCUT2D eigenvalue weighted by Crippen LogP contribution is 2.44. The topological polar surface area (TPSA) is 592 Å². The van der Waals surface area contributed by atoms with Crippen molar-refractivity contribution in [1.82, 2.24) is 0 Å². The molecule has 0 bridgehead atoms. The lowest BCUT2D eigenvalue weighted by Gasteiger charge is -2.51. The summed E-state index contributed by atoms with van der Waals surface area (Å²) in [6.45, 7) is 7.23. The van der Waals surface area contributed by atoms with Crippen LogP contribution >= 0.6 is 0 Å². The van der Waals surface area contributed by atoms with E-state index in [9.17, 15) is 71.3 Å². The monoisotopic (exact) mass is 1630 g/mol. The molecule has 0 radical (unpaired) electrons. The third-order valence-corrected chi connectivity index (χ3v) is 20.7. The molecule has 45 nitrogen and oxygen atoms in total. The molecule has 30 atom stereocenters. The zero-order chi connectivity index (χ0) is 79.6. The van der Waals surface area contributed by atoms with Crippen molar-refractivity contribution in [3.8, 4) is 0 Å². The first-order valence-corrected chi connectivity index (χ1v) is 38.2. The van der Waals surface area contributed by atoms with Gasteiger partial charge in [-0.3, -0.25) is 13.7 Å². The van der Waals surface area contributed by atoms with Crippen LogP contribution in [0.1, 0.15) is 65.2 Å². The molecular formula is C62H87N9O36S3. The highest BCUT2D eigenvalue weighted by Gasteiger charge is 2.59.